The summed E-state index contributed by atoms with van der Waals surface area (Å²) in [6, 6.07) is 25.1. The van der Waals surface area contributed by atoms with Gasteiger partial charge in [-0.15, -0.1) is 11.3 Å². The summed E-state index contributed by atoms with van der Waals surface area (Å²) in [6.45, 7) is 0.0163. The molecule has 0 atom stereocenters. The lowest BCUT2D eigenvalue weighted by molar-refractivity contribution is 0.282. The van der Waals surface area contributed by atoms with Crippen LogP contribution in [0.1, 0.15) is 5.56 Å². The fraction of sp³-hybridized carbons (Fsp3) is 0.0385. The SMILES string of the molecule is O=c1[nH]c2scc(-c3cccc(-c4ccc(CO)cc4)c3)c2c(O)c1-c1ccccc1. The summed E-state index contributed by atoms with van der Waals surface area (Å²) in [5.74, 6) is -0.00102. The Bertz CT molecular complexity index is 1430. The molecule has 152 valence electrons. The van der Waals surface area contributed by atoms with Crippen molar-refractivity contribution in [3.8, 4) is 39.1 Å². The first-order valence-corrected chi connectivity index (χ1v) is 10.8. The highest BCUT2D eigenvalue weighted by Gasteiger charge is 2.19. The Morgan fingerprint density at radius 1 is 0.806 bits per heavy atom. The molecule has 5 rings (SSSR count). The van der Waals surface area contributed by atoms with Crippen LogP contribution in [0.4, 0.5) is 0 Å². The number of aromatic amines is 1. The number of aliphatic hydroxyl groups is 1. The fourth-order valence-electron chi connectivity index (χ4n) is 3.84. The smallest absolute Gasteiger partial charge is 0.260 e. The lowest BCUT2D eigenvalue weighted by Crippen LogP contribution is -2.08. The van der Waals surface area contributed by atoms with Crippen molar-refractivity contribution in [3.63, 3.8) is 0 Å². The van der Waals surface area contributed by atoms with E-state index >= 15 is 0 Å². The summed E-state index contributed by atoms with van der Waals surface area (Å²) in [5.41, 5.74) is 5.43. The highest BCUT2D eigenvalue weighted by atomic mass is 32.1. The second kappa shape index (κ2) is 7.87. The van der Waals surface area contributed by atoms with Crippen LogP contribution in [0, 0.1) is 0 Å². The molecule has 0 aliphatic rings. The van der Waals surface area contributed by atoms with Gasteiger partial charge in [-0.05, 0) is 33.9 Å². The van der Waals surface area contributed by atoms with Gasteiger partial charge >= 0.3 is 0 Å². The Balaban J connectivity index is 1.67. The van der Waals surface area contributed by atoms with Gasteiger partial charge in [0.25, 0.3) is 5.56 Å². The fourth-order valence-corrected chi connectivity index (χ4v) is 4.80. The van der Waals surface area contributed by atoms with Crippen LogP contribution in [0.15, 0.2) is 89.0 Å². The minimum absolute atomic E-state index is 0.00102. The molecule has 0 fully saturated rings. The zero-order valence-corrected chi connectivity index (χ0v) is 17.3. The molecule has 0 saturated heterocycles. The average Bonchev–Trinajstić information content (AvgIpc) is 3.24. The number of aliphatic hydroxyl groups excluding tert-OH is 1. The molecule has 0 unspecified atom stereocenters. The molecule has 0 bridgehead atoms. The van der Waals surface area contributed by atoms with Gasteiger partial charge in [-0.3, -0.25) is 4.79 Å². The van der Waals surface area contributed by atoms with E-state index in [0.717, 1.165) is 27.8 Å². The molecular formula is C26H19NO3S. The highest BCUT2D eigenvalue weighted by molar-refractivity contribution is 7.17. The van der Waals surface area contributed by atoms with Gasteiger partial charge in [0.05, 0.1) is 17.6 Å². The second-order valence-corrected chi connectivity index (χ2v) is 8.21. The molecule has 5 heteroatoms. The van der Waals surface area contributed by atoms with Crippen molar-refractivity contribution in [1.29, 1.82) is 0 Å². The number of hydrogen-bond acceptors (Lipinski definition) is 4. The zero-order valence-electron chi connectivity index (χ0n) is 16.5. The van der Waals surface area contributed by atoms with Crippen LogP contribution in [0.2, 0.25) is 0 Å². The Morgan fingerprint density at radius 2 is 1.52 bits per heavy atom. The molecule has 0 spiro atoms. The molecule has 4 nitrogen and oxygen atoms in total. The first-order valence-electron chi connectivity index (χ1n) is 9.88. The molecule has 0 radical (unpaired) electrons. The number of rotatable bonds is 4. The maximum Gasteiger partial charge on any atom is 0.260 e. The van der Waals surface area contributed by atoms with Gasteiger partial charge in [-0.1, -0.05) is 72.8 Å². The quantitative estimate of drug-likeness (QED) is 0.341. The predicted octanol–water partition coefficient (Wildman–Crippen LogP) is 5.79. The van der Waals surface area contributed by atoms with E-state index in [2.05, 4.69) is 11.1 Å². The van der Waals surface area contributed by atoms with Crippen molar-refractivity contribution < 1.29 is 10.2 Å². The minimum Gasteiger partial charge on any atom is -0.506 e. The Labute approximate surface area is 182 Å². The number of H-pyrrole nitrogens is 1. The third-order valence-electron chi connectivity index (χ3n) is 5.42. The maximum atomic E-state index is 12.7. The molecule has 0 aliphatic carbocycles. The van der Waals surface area contributed by atoms with Crippen LogP contribution in [-0.4, -0.2) is 15.2 Å². The molecule has 2 aromatic heterocycles. The van der Waals surface area contributed by atoms with Crippen LogP contribution >= 0.6 is 11.3 Å². The van der Waals surface area contributed by atoms with E-state index in [1.807, 2.05) is 78.2 Å². The van der Waals surface area contributed by atoms with Gasteiger partial charge in [0.1, 0.15) is 10.6 Å². The van der Waals surface area contributed by atoms with E-state index in [9.17, 15) is 15.0 Å². The standard InChI is InChI=1S/C26H19NO3S/c28-14-16-9-11-17(12-10-16)19-7-4-8-20(13-19)21-15-31-26-23(21)24(29)22(25(30)27-26)18-5-2-1-3-6-18/h1-13,15,28H,14H2,(H2,27,29,30). The Hall–Kier alpha value is -3.67. The van der Waals surface area contributed by atoms with E-state index in [4.69, 9.17) is 0 Å². The zero-order chi connectivity index (χ0) is 21.4. The molecule has 31 heavy (non-hydrogen) atoms. The van der Waals surface area contributed by atoms with Gasteiger partial charge in [-0.25, -0.2) is 0 Å². The van der Waals surface area contributed by atoms with Gasteiger partial charge in [-0.2, -0.15) is 0 Å². The first kappa shape index (κ1) is 19.3. The summed E-state index contributed by atoms with van der Waals surface area (Å²) in [7, 11) is 0. The number of pyridine rings is 1. The predicted molar refractivity (Wildman–Crippen MR) is 126 cm³/mol. The first-order chi connectivity index (χ1) is 15.2. The number of fused-ring (bicyclic) bond motifs is 1. The molecular weight excluding hydrogens is 406 g/mol. The molecule has 0 aliphatic heterocycles. The van der Waals surface area contributed by atoms with E-state index in [0.29, 0.717) is 15.8 Å². The third kappa shape index (κ3) is 3.44. The van der Waals surface area contributed by atoms with E-state index < -0.39 is 0 Å². The van der Waals surface area contributed by atoms with E-state index in [1.54, 1.807) is 0 Å². The average molecular weight is 426 g/mol. The van der Waals surface area contributed by atoms with Gasteiger partial charge < -0.3 is 15.2 Å². The number of thiophene rings is 1. The Kier molecular flexibility index (Phi) is 4.90. The highest BCUT2D eigenvalue weighted by Crippen LogP contribution is 2.42. The Morgan fingerprint density at radius 3 is 2.26 bits per heavy atom. The summed E-state index contributed by atoms with van der Waals surface area (Å²) < 4.78 is 0. The van der Waals surface area contributed by atoms with Crippen molar-refractivity contribution in [2.24, 2.45) is 0 Å². The van der Waals surface area contributed by atoms with E-state index in [1.165, 1.54) is 11.3 Å². The maximum absolute atomic E-state index is 12.7. The van der Waals surface area contributed by atoms with Crippen LogP contribution in [-0.2, 0) is 6.61 Å². The van der Waals surface area contributed by atoms with Gasteiger partial charge in [0.15, 0.2) is 0 Å². The molecule has 0 amide bonds. The number of aromatic hydroxyl groups is 1. The monoisotopic (exact) mass is 425 g/mol. The summed E-state index contributed by atoms with van der Waals surface area (Å²) in [5, 5.41) is 23.0. The summed E-state index contributed by atoms with van der Waals surface area (Å²) >= 11 is 1.40. The minimum atomic E-state index is -0.303. The van der Waals surface area contributed by atoms with Crippen LogP contribution < -0.4 is 5.56 Å². The number of hydrogen-bond donors (Lipinski definition) is 3. The van der Waals surface area contributed by atoms with Gasteiger partial charge in [0.2, 0.25) is 0 Å². The van der Waals surface area contributed by atoms with Crippen LogP contribution in [0.5, 0.6) is 5.75 Å². The topological polar surface area (TPSA) is 73.3 Å². The molecule has 2 heterocycles. The van der Waals surface area contributed by atoms with Gasteiger partial charge in [0, 0.05) is 10.9 Å². The van der Waals surface area contributed by atoms with Crippen molar-refractivity contribution in [3.05, 3.63) is 100 Å². The molecule has 3 N–H and O–H groups in total. The summed E-state index contributed by atoms with van der Waals surface area (Å²) in [6.07, 6.45) is 0. The molecule has 0 saturated carbocycles. The van der Waals surface area contributed by atoms with Crippen molar-refractivity contribution >= 4 is 21.6 Å². The van der Waals surface area contributed by atoms with Crippen molar-refractivity contribution in [1.82, 2.24) is 4.98 Å². The second-order valence-electron chi connectivity index (χ2n) is 7.33. The number of benzene rings is 3. The third-order valence-corrected chi connectivity index (χ3v) is 6.32. The lowest BCUT2D eigenvalue weighted by Gasteiger charge is -2.09. The lowest BCUT2D eigenvalue weighted by atomic mass is 9.97. The van der Waals surface area contributed by atoms with Crippen molar-refractivity contribution in [2.75, 3.05) is 0 Å². The molecule has 3 aromatic carbocycles. The van der Waals surface area contributed by atoms with Crippen molar-refractivity contribution in [2.45, 2.75) is 6.61 Å². The van der Waals surface area contributed by atoms with Crippen LogP contribution in [0.3, 0.4) is 0 Å². The van der Waals surface area contributed by atoms with Crippen LogP contribution in [0.25, 0.3) is 43.6 Å². The van der Waals surface area contributed by atoms with E-state index in [-0.39, 0.29) is 23.5 Å². The summed E-state index contributed by atoms with van der Waals surface area (Å²) in [4.78, 5) is 16.2. The number of nitrogens with one attached hydrogen (secondary N) is 1. The largest absolute Gasteiger partial charge is 0.506 e. The molecule has 5 aromatic rings. The number of aromatic nitrogens is 1. The normalized spacial score (nSPS) is 11.1.